The highest BCUT2D eigenvalue weighted by atomic mass is 16.4. The second-order valence-corrected chi connectivity index (χ2v) is 2.90. The van der Waals surface area contributed by atoms with Crippen molar-refractivity contribution in [3.05, 3.63) is 35.4 Å². The molecule has 0 saturated carbocycles. The normalized spacial score (nSPS) is 11.7. The summed E-state index contributed by atoms with van der Waals surface area (Å²) in [6, 6.07) is 6.90. The first-order valence-electron chi connectivity index (χ1n) is 4.10. The van der Waals surface area contributed by atoms with Gasteiger partial charge in [0, 0.05) is 12.0 Å². The van der Waals surface area contributed by atoms with Crippen LogP contribution in [0.3, 0.4) is 0 Å². The first-order valence-corrected chi connectivity index (χ1v) is 4.10. The Morgan fingerprint density at radius 1 is 1.57 bits per heavy atom. The fraction of sp³-hybridized carbons (Fsp3) is 0.182. The second kappa shape index (κ2) is 4.45. The van der Waals surface area contributed by atoms with Crippen molar-refractivity contribution in [3.63, 3.8) is 0 Å². The molecule has 2 N–H and O–H groups in total. The number of aliphatic hydroxyl groups excluding tert-OH is 1. The Morgan fingerprint density at radius 2 is 2.29 bits per heavy atom. The first kappa shape index (κ1) is 10.3. The average molecular weight is 190 g/mol. The summed E-state index contributed by atoms with van der Waals surface area (Å²) in [5, 5.41) is 17.6. The van der Waals surface area contributed by atoms with Gasteiger partial charge in [-0.1, -0.05) is 18.1 Å². The molecule has 0 heterocycles. The Balaban J connectivity index is 2.78. The molecule has 0 spiro atoms. The summed E-state index contributed by atoms with van der Waals surface area (Å²) >= 11 is 0. The number of hydrogen-bond acceptors (Lipinski definition) is 2. The third-order valence-corrected chi connectivity index (χ3v) is 1.81. The van der Waals surface area contributed by atoms with Gasteiger partial charge in [0.15, 0.2) is 6.10 Å². The van der Waals surface area contributed by atoms with E-state index in [0.717, 1.165) is 5.56 Å². The predicted molar refractivity (Wildman–Crippen MR) is 51.7 cm³/mol. The molecule has 0 fully saturated rings. The van der Waals surface area contributed by atoms with Gasteiger partial charge in [0.25, 0.3) is 0 Å². The first-order chi connectivity index (χ1) is 6.63. The zero-order chi connectivity index (χ0) is 10.6. The van der Waals surface area contributed by atoms with E-state index in [2.05, 4.69) is 5.92 Å². The van der Waals surface area contributed by atoms with E-state index in [1.54, 1.807) is 24.3 Å². The van der Waals surface area contributed by atoms with Crippen molar-refractivity contribution >= 4 is 5.97 Å². The van der Waals surface area contributed by atoms with Gasteiger partial charge in [0.05, 0.1) is 0 Å². The molecule has 0 bridgehead atoms. The molecule has 1 aromatic carbocycles. The summed E-state index contributed by atoms with van der Waals surface area (Å²) in [4.78, 5) is 10.4. The number of rotatable bonds is 3. The maximum Gasteiger partial charge on any atom is 0.332 e. The predicted octanol–water partition coefficient (Wildman–Crippen LogP) is 0.656. The van der Waals surface area contributed by atoms with Gasteiger partial charge in [-0.05, 0) is 17.7 Å². The number of carboxylic acid groups (broad SMARTS) is 1. The van der Waals surface area contributed by atoms with Gasteiger partial charge in [0.2, 0.25) is 0 Å². The van der Waals surface area contributed by atoms with Gasteiger partial charge in [-0.25, -0.2) is 4.79 Å². The molecule has 3 nitrogen and oxygen atoms in total. The topological polar surface area (TPSA) is 57.5 Å². The lowest BCUT2D eigenvalue weighted by Gasteiger charge is -2.05. The number of hydrogen-bond donors (Lipinski definition) is 2. The Bertz CT molecular complexity index is 376. The number of terminal acetylenes is 1. The zero-order valence-electron chi connectivity index (χ0n) is 7.47. The van der Waals surface area contributed by atoms with Crippen LogP contribution >= 0.6 is 0 Å². The maximum atomic E-state index is 10.4. The van der Waals surface area contributed by atoms with E-state index in [-0.39, 0.29) is 6.42 Å². The van der Waals surface area contributed by atoms with Gasteiger partial charge in [-0.2, -0.15) is 0 Å². The summed E-state index contributed by atoms with van der Waals surface area (Å²) in [5.41, 5.74) is 1.40. The van der Waals surface area contributed by atoms with E-state index in [0.29, 0.717) is 5.56 Å². The van der Waals surface area contributed by atoms with Crippen LogP contribution < -0.4 is 0 Å². The van der Waals surface area contributed by atoms with Crippen LogP contribution in [0, 0.1) is 12.3 Å². The van der Waals surface area contributed by atoms with Crippen LogP contribution in [0.15, 0.2) is 24.3 Å². The second-order valence-electron chi connectivity index (χ2n) is 2.90. The molecule has 0 aliphatic heterocycles. The van der Waals surface area contributed by atoms with E-state index in [1.807, 2.05) is 0 Å². The van der Waals surface area contributed by atoms with Crippen LogP contribution in [0.2, 0.25) is 0 Å². The van der Waals surface area contributed by atoms with Crippen molar-refractivity contribution in [2.45, 2.75) is 12.5 Å². The Morgan fingerprint density at radius 3 is 2.86 bits per heavy atom. The minimum absolute atomic E-state index is 0.0743. The third-order valence-electron chi connectivity index (χ3n) is 1.81. The van der Waals surface area contributed by atoms with Crippen molar-refractivity contribution in [3.8, 4) is 12.3 Å². The number of benzene rings is 1. The summed E-state index contributed by atoms with van der Waals surface area (Å²) in [6.07, 6.45) is 3.88. The Kier molecular flexibility index (Phi) is 3.27. The molecule has 14 heavy (non-hydrogen) atoms. The average Bonchev–Trinajstić information content (AvgIpc) is 2.18. The molecule has 0 aliphatic carbocycles. The highest BCUT2D eigenvalue weighted by Crippen LogP contribution is 2.07. The summed E-state index contributed by atoms with van der Waals surface area (Å²) in [7, 11) is 0. The van der Waals surface area contributed by atoms with Crippen LogP contribution in [0.4, 0.5) is 0 Å². The molecule has 1 rings (SSSR count). The lowest BCUT2D eigenvalue weighted by molar-refractivity contribution is -0.146. The molecule has 0 aliphatic rings. The van der Waals surface area contributed by atoms with Crippen molar-refractivity contribution in [1.29, 1.82) is 0 Å². The van der Waals surface area contributed by atoms with Crippen molar-refractivity contribution < 1.29 is 15.0 Å². The Labute approximate surface area is 82.0 Å². The third kappa shape index (κ3) is 2.61. The van der Waals surface area contributed by atoms with E-state index in [9.17, 15) is 4.79 Å². The number of aliphatic hydroxyl groups is 1. The molecule has 72 valence electrons. The van der Waals surface area contributed by atoms with Gasteiger partial charge < -0.3 is 10.2 Å². The van der Waals surface area contributed by atoms with Gasteiger partial charge >= 0.3 is 5.97 Å². The minimum atomic E-state index is -1.37. The summed E-state index contributed by atoms with van der Waals surface area (Å²) in [5.74, 6) is 1.21. The van der Waals surface area contributed by atoms with Crippen LogP contribution in [0.5, 0.6) is 0 Å². The lowest BCUT2D eigenvalue weighted by Crippen LogP contribution is -2.21. The molecule has 1 unspecified atom stereocenters. The molecular formula is C11H10O3. The molecular weight excluding hydrogens is 180 g/mol. The van der Waals surface area contributed by atoms with Crippen molar-refractivity contribution in [2.24, 2.45) is 0 Å². The maximum absolute atomic E-state index is 10.4. The molecule has 0 amide bonds. The molecule has 0 saturated heterocycles. The van der Waals surface area contributed by atoms with Crippen molar-refractivity contribution in [1.82, 2.24) is 0 Å². The van der Waals surface area contributed by atoms with Gasteiger partial charge in [0.1, 0.15) is 0 Å². The van der Waals surface area contributed by atoms with Crippen LogP contribution in [0.25, 0.3) is 0 Å². The number of aliphatic carboxylic acids is 1. The van der Waals surface area contributed by atoms with E-state index in [1.165, 1.54) is 0 Å². The Hall–Kier alpha value is -1.79. The monoisotopic (exact) mass is 190 g/mol. The van der Waals surface area contributed by atoms with E-state index in [4.69, 9.17) is 16.6 Å². The minimum Gasteiger partial charge on any atom is -0.479 e. The van der Waals surface area contributed by atoms with Crippen molar-refractivity contribution in [2.75, 3.05) is 0 Å². The lowest BCUT2D eigenvalue weighted by atomic mass is 10.1. The highest BCUT2D eigenvalue weighted by Gasteiger charge is 2.13. The number of carbonyl (C=O) groups is 1. The molecule has 3 heteroatoms. The quantitative estimate of drug-likeness (QED) is 0.688. The fourth-order valence-corrected chi connectivity index (χ4v) is 1.10. The smallest absolute Gasteiger partial charge is 0.332 e. The van der Waals surface area contributed by atoms with Gasteiger partial charge in [-0.15, -0.1) is 6.42 Å². The zero-order valence-corrected chi connectivity index (χ0v) is 7.47. The summed E-state index contributed by atoms with van der Waals surface area (Å²) < 4.78 is 0. The number of carboxylic acids is 1. The largest absolute Gasteiger partial charge is 0.479 e. The van der Waals surface area contributed by atoms with E-state index < -0.39 is 12.1 Å². The van der Waals surface area contributed by atoms with Gasteiger partial charge in [-0.3, -0.25) is 0 Å². The molecule has 0 radical (unpaired) electrons. The highest BCUT2D eigenvalue weighted by molar-refractivity contribution is 5.72. The van der Waals surface area contributed by atoms with Crippen LogP contribution in [0.1, 0.15) is 11.1 Å². The molecule has 0 aromatic heterocycles. The van der Waals surface area contributed by atoms with Crippen LogP contribution in [-0.4, -0.2) is 22.3 Å². The standard InChI is InChI=1S/C11H10O3/c1-2-8-4-3-5-9(6-8)7-10(12)11(13)14/h1,3-6,10,12H,7H2,(H,13,14). The summed E-state index contributed by atoms with van der Waals surface area (Å²) in [6.45, 7) is 0. The molecule has 1 atom stereocenters. The molecule has 1 aromatic rings. The SMILES string of the molecule is C#Cc1cccc(CC(O)C(=O)O)c1. The van der Waals surface area contributed by atoms with Crippen LogP contribution in [-0.2, 0) is 11.2 Å². The fourth-order valence-electron chi connectivity index (χ4n) is 1.10. The van der Waals surface area contributed by atoms with E-state index >= 15 is 0 Å².